The summed E-state index contributed by atoms with van der Waals surface area (Å²) in [5.41, 5.74) is 1.30. The monoisotopic (exact) mass is 463 g/mol. The summed E-state index contributed by atoms with van der Waals surface area (Å²) in [5.74, 6) is 0.0119. The fraction of sp³-hybridized carbons (Fsp3) is 0.462. The molecule has 0 aliphatic heterocycles. The Morgan fingerprint density at radius 1 is 1.06 bits per heavy atom. The molecule has 0 amide bonds. The molecular formula is C26H30FN5O2. The fourth-order valence-electron chi connectivity index (χ4n) is 6.06. The third-order valence-corrected chi connectivity index (χ3v) is 7.82. The summed E-state index contributed by atoms with van der Waals surface area (Å²) in [6, 6.07) is 7.75. The summed E-state index contributed by atoms with van der Waals surface area (Å²) in [4.78, 5) is 18.2. The van der Waals surface area contributed by atoms with E-state index in [1.807, 2.05) is 6.07 Å². The van der Waals surface area contributed by atoms with E-state index in [2.05, 4.69) is 41.0 Å². The first kappa shape index (κ1) is 22.5. The summed E-state index contributed by atoms with van der Waals surface area (Å²) < 4.78 is 16.2. The van der Waals surface area contributed by atoms with Crippen LogP contribution in [0.4, 0.5) is 10.2 Å². The minimum absolute atomic E-state index is 0.0529. The molecule has 5 rings (SSSR count). The van der Waals surface area contributed by atoms with Gasteiger partial charge < -0.3 is 14.6 Å². The number of aromatic hydroxyl groups is 1. The summed E-state index contributed by atoms with van der Waals surface area (Å²) in [5, 5.41) is 19.3. The molecule has 34 heavy (non-hydrogen) atoms. The van der Waals surface area contributed by atoms with E-state index >= 15 is 0 Å². The van der Waals surface area contributed by atoms with Crippen LogP contribution in [0.5, 0.6) is 5.75 Å². The van der Waals surface area contributed by atoms with Crippen molar-refractivity contribution in [2.75, 3.05) is 11.9 Å². The predicted octanol–water partition coefficient (Wildman–Crippen LogP) is 4.54. The lowest BCUT2D eigenvalue weighted by atomic mass is 9.68. The molecular weight excluding hydrogens is 433 g/mol. The van der Waals surface area contributed by atoms with Crippen molar-refractivity contribution in [2.45, 2.75) is 52.0 Å². The molecule has 0 radical (unpaired) electrons. The lowest BCUT2D eigenvalue weighted by Crippen LogP contribution is -2.42. The van der Waals surface area contributed by atoms with Crippen molar-refractivity contribution in [1.82, 2.24) is 19.7 Å². The second-order valence-electron chi connectivity index (χ2n) is 10.8. The van der Waals surface area contributed by atoms with E-state index in [-0.39, 0.29) is 28.1 Å². The van der Waals surface area contributed by atoms with Crippen LogP contribution in [0, 0.1) is 16.6 Å². The van der Waals surface area contributed by atoms with Gasteiger partial charge in [0.05, 0.1) is 17.7 Å². The molecule has 1 N–H and O–H groups in total. The molecule has 1 aromatic carbocycles. The zero-order valence-electron chi connectivity index (χ0n) is 20.0. The summed E-state index contributed by atoms with van der Waals surface area (Å²) in [6.07, 6.45) is 7.47. The summed E-state index contributed by atoms with van der Waals surface area (Å²) in [7, 11) is 3.63. The van der Waals surface area contributed by atoms with Gasteiger partial charge in [-0.15, -0.1) is 10.2 Å². The van der Waals surface area contributed by atoms with Crippen LogP contribution in [0.25, 0.3) is 22.5 Å². The number of phenolic OH excluding ortho intramolecular Hbond substituents is 1. The van der Waals surface area contributed by atoms with Gasteiger partial charge in [0.15, 0.2) is 5.82 Å². The number of halogens is 1. The smallest absolute Gasteiger partial charge is 0.253 e. The van der Waals surface area contributed by atoms with Crippen LogP contribution in [-0.2, 0) is 7.05 Å². The Balaban J connectivity index is 1.40. The second kappa shape index (κ2) is 7.89. The molecule has 2 aliphatic rings. The maximum absolute atomic E-state index is 14.9. The average molecular weight is 464 g/mol. The SMILES string of the molecule is CN(c1ccc(-c2cc(F)c(-c3cc(=O)n(C)cn3)cc2O)nn1)[C@H]1C[C@]2(C)CC[C@](C)(C1)C2. The van der Waals surface area contributed by atoms with Crippen molar-refractivity contribution in [3.63, 3.8) is 0 Å². The van der Waals surface area contributed by atoms with Gasteiger partial charge >= 0.3 is 0 Å². The van der Waals surface area contributed by atoms with Gasteiger partial charge in [0.2, 0.25) is 0 Å². The lowest BCUT2D eigenvalue weighted by molar-refractivity contribution is 0.148. The van der Waals surface area contributed by atoms with E-state index < -0.39 is 5.82 Å². The van der Waals surface area contributed by atoms with Gasteiger partial charge in [-0.25, -0.2) is 9.37 Å². The van der Waals surface area contributed by atoms with Gasteiger partial charge in [0.1, 0.15) is 11.6 Å². The lowest BCUT2D eigenvalue weighted by Gasteiger charge is -2.44. The van der Waals surface area contributed by atoms with Gasteiger partial charge in [-0.2, -0.15) is 0 Å². The molecule has 0 saturated heterocycles. The highest BCUT2D eigenvalue weighted by Crippen LogP contribution is 2.58. The fourth-order valence-corrected chi connectivity index (χ4v) is 6.06. The summed E-state index contributed by atoms with van der Waals surface area (Å²) in [6.45, 7) is 4.80. The van der Waals surface area contributed by atoms with E-state index in [1.165, 1.54) is 48.4 Å². The topological polar surface area (TPSA) is 84.1 Å². The molecule has 0 spiro atoms. The van der Waals surface area contributed by atoms with Crippen molar-refractivity contribution in [2.24, 2.45) is 17.9 Å². The number of rotatable bonds is 4. The van der Waals surface area contributed by atoms with E-state index in [0.29, 0.717) is 22.6 Å². The van der Waals surface area contributed by atoms with Gasteiger partial charge in [-0.05, 0) is 67.2 Å². The highest BCUT2D eigenvalue weighted by molar-refractivity contribution is 5.73. The number of aromatic nitrogens is 4. The molecule has 2 heterocycles. The molecule has 2 fully saturated rings. The molecule has 2 bridgehead atoms. The first-order chi connectivity index (χ1) is 16.1. The Morgan fingerprint density at radius 3 is 2.38 bits per heavy atom. The van der Waals surface area contributed by atoms with Gasteiger partial charge in [0.25, 0.3) is 5.56 Å². The Labute approximate surface area is 198 Å². The first-order valence-corrected chi connectivity index (χ1v) is 11.7. The Bertz CT molecular complexity index is 1290. The van der Waals surface area contributed by atoms with Crippen LogP contribution in [0.1, 0.15) is 46.0 Å². The Hall–Kier alpha value is -3.29. The molecule has 8 heteroatoms. The quantitative estimate of drug-likeness (QED) is 0.611. The van der Waals surface area contributed by atoms with Crippen molar-refractivity contribution in [1.29, 1.82) is 0 Å². The van der Waals surface area contributed by atoms with E-state index in [4.69, 9.17) is 0 Å². The zero-order valence-corrected chi connectivity index (χ0v) is 20.0. The highest BCUT2D eigenvalue weighted by Gasteiger charge is 2.50. The number of phenols is 1. The van der Waals surface area contributed by atoms with Crippen LogP contribution in [-0.4, -0.2) is 37.9 Å². The van der Waals surface area contributed by atoms with E-state index in [9.17, 15) is 14.3 Å². The van der Waals surface area contributed by atoms with Crippen molar-refractivity contribution in [3.05, 3.63) is 52.8 Å². The average Bonchev–Trinajstić information content (AvgIpc) is 3.03. The van der Waals surface area contributed by atoms with Crippen LogP contribution >= 0.6 is 0 Å². The Morgan fingerprint density at radius 2 is 1.76 bits per heavy atom. The summed E-state index contributed by atoms with van der Waals surface area (Å²) >= 11 is 0. The molecule has 2 aliphatic carbocycles. The van der Waals surface area contributed by atoms with E-state index in [1.54, 1.807) is 13.1 Å². The number of aryl methyl sites for hydroxylation is 1. The largest absolute Gasteiger partial charge is 0.507 e. The number of benzene rings is 1. The zero-order chi connectivity index (χ0) is 24.3. The molecule has 7 nitrogen and oxygen atoms in total. The third kappa shape index (κ3) is 3.95. The second-order valence-corrected chi connectivity index (χ2v) is 10.8. The van der Waals surface area contributed by atoms with Gasteiger partial charge in [-0.1, -0.05) is 13.8 Å². The van der Waals surface area contributed by atoms with Crippen LogP contribution in [0.3, 0.4) is 0 Å². The van der Waals surface area contributed by atoms with Crippen LogP contribution in [0.15, 0.2) is 41.5 Å². The molecule has 3 atom stereocenters. The predicted molar refractivity (Wildman–Crippen MR) is 129 cm³/mol. The molecule has 2 aromatic heterocycles. The standard InChI is InChI=1S/C26H30FN5O2/c1-25-7-8-26(2,14-25)13-16(12-25)32(4)23-6-5-20(29-30-23)18-9-19(27)17(10-22(18)33)21-11-24(34)31(3)15-28-21/h5-6,9-11,15-16,33H,7-8,12-14H2,1-4H3/t16-,25-,26+. The van der Waals surface area contributed by atoms with Gasteiger partial charge in [-0.3, -0.25) is 4.79 Å². The maximum Gasteiger partial charge on any atom is 0.253 e. The van der Waals surface area contributed by atoms with Crippen molar-refractivity contribution >= 4 is 5.82 Å². The minimum Gasteiger partial charge on any atom is -0.507 e. The molecule has 2 saturated carbocycles. The maximum atomic E-state index is 14.9. The number of anilines is 1. The number of nitrogens with zero attached hydrogens (tertiary/aromatic N) is 5. The number of fused-ring (bicyclic) bond motifs is 2. The van der Waals surface area contributed by atoms with Crippen molar-refractivity contribution < 1.29 is 9.50 Å². The number of hydrogen-bond acceptors (Lipinski definition) is 6. The van der Waals surface area contributed by atoms with Crippen LogP contribution in [0.2, 0.25) is 0 Å². The molecule has 178 valence electrons. The molecule has 0 unspecified atom stereocenters. The van der Waals surface area contributed by atoms with Gasteiger partial charge in [0, 0.05) is 37.3 Å². The third-order valence-electron chi connectivity index (χ3n) is 7.82. The minimum atomic E-state index is -0.601. The first-order valence-electron chi connectivity index (χ1n) is 11.7. The van der Waals surface area contributed by atoms with Crippen LogP contribution < -0.4 is 10.5 Å². The number of hydrogen-bond donors (Lipinski definition) is 1. The molecule has 3 aromatic rings. The normalized spacial score (nSPS) is 26.0. The Kier molecular flexibility index (Phi) is 5.22. The van der Waals surface area contributed by atoms with Crippen molar-refractivity contribution in [3.8, 4) is 28.3 Å². The van der Waals surface area contributed by atoms with E-state index in [0.717, 1.165) is 18.7 Å². The highest BCUT2D eigenvalue weighted by atomic mass is 19.1.